The maximum absolute atomic E-state index is 12.3. The Balaban J connectivity index is 1.52. The first kappa shape index (κ1) is 24.8. The highest BCUT2D eigenvalue weighted by molar-refractivity contribution is 5.78. The zero-order valence-corrected chi connectivity index (χ0v) is 19.4. The first-order valence-corrected chi connectivity index (χ1v) is 11.9. The summed E-state index contributed by atoms with van der Waals surface area (Å²) < 4.78 is 0. The number of rotatable bonds is 12. The first-order valence-electron chi connectivity index (χ1n) is 11.9. The van der Waals surface area contributed by atoms with E-state index in [-0.39, 0.29) is 24.1 Å². The fraction of sp³-hybridized carbons (Fsp3) is 0.481. The van der Waals surface area contributed by atoms with Crippen LogP contribution in [-0.4, -0.2) is 44.7 Å². The summed E-state index contributed by atoms with van der Waals surface area (Å²) in [4.78, 5) is 24.9. The lowest BCUT2D eigenvalue weighted by atomic mass is 9.95. The van der Waals surface area contributed by atoms with E-state index in [0.29, 0.717) is 25.8 Å². The lowest BCUT2D eigenvalue weighted by Crippen LogP contribution is -2.34. The molecule has 3 N–H and O–H groups in total. The highest BCUT2D eigenvalue weighted by Gasteiger charge is 2.30. The fourth-order valence-electron chi connectivity index (χ4n) is 4.71. The summed E-state index contributed by atoms with van der Waals surface area (Å²) in [6.45, 7) is 2.66. The summed E-state index contributed by atoms with van der Waals surface area (Å²) >= 11 is 0. The molecule has 1 fully saturated rings. The molecule has 2 unspecified atom stereocenters. The average Bonchev–Trinajstić information content (AvgIpc) is 3.13. The van der Waals surface area contributed by atoms with Gasteiger partial charge in [0.2, 0.25) is 5.91 Å². The molecule has 1 aliphatic rings. The number of likely N-dealkylation sites (tertiary alicyclic amines) is 1. The maximum Gasteiger partial charge on any atom is 0.303 e. The topological polar surface area (TPSA) is 98.1 Å². The molecule has 0 aromatic heterocycles. The van der Waals surface area contributed by atoms with Gasteiger partial charge in [-0.3, -0.25) is 9.59 Å². The van der Waals surface area contributed by atoms with Gasteiger partial charge >= 0.3 is 5.97 Å². The lowest BCUT2D eigenvalue weighted by Gasteiger charge is -2.26. The molecule has 0 radical (unpaired) electrons. The number of phenolic OH excluding ortho intramolecular Hbond substituents is 1. The first-order chi connectivity index (χ1) is 15.8. The van der Waals surface area contributed by atoms with Gasteiger partial charge in [-0.2, -0.15) is 0 Å². The van der Waals surface area contributed by atoms with Crippen LogP contribution in [0.5, 0.6) is 5.75 Å². The van der Waals surface area contributed by atoms with Crippen LogP contribution >= 0.6 is 0 Å². The number of hydrogen-bond donors (Lipinski definition) is 3. The summed E-state index contributed by atoms with van der Waals surface area (Å²) in [5, 5.41) is 29.2. The van der Waals surface area contributed by atoms with Crippen molar-refractivity contribution in [1.82, 2.24) is 4.90 Å². The van der Waals surface area contributed by atoms with E-state index in [4.69, 9.17) is 5.11 Å². The SMILES string of the molecule is Cc1cc(O)ccc1-c1cccc(C(O)CCC2CCC(=O)N2CCCCCCC(=O)O)c1. The van der Waals surface area contributed by atoms with E-state index in [9.17, 15) is 19.8 Å². The Kier molecular flexibility index (Phi) is 8.89. The van der Waals surface area contributed by atoms with E-state index in [1.165, 1.54) is 0 Å². The van der Waals surface area contributed by atoms with E-state index in [0.717, 1.165) is 54.4 Å². The number of phenols is 1. The van der Waals surface area contributed by atoms with E-state index >= 15 is 0 Å². The molecule has 178 valence electrons. The average molecular weight is 454 g/mol. The second-order valence-corrected chi connectivity index (χ2v) is 9.06. The van der Waals surface area contributed by atoms with E-state index < -0.39 is 12.1 Å². The summed E-state index contributed by atoms with van der Waals surface area (Å²) in [6.07, 6.45) is 5.71. The molecule has 1 aliphatic heterocycles. The van der Waals surface area contributed by atoms with Crippen molar-refractivity contribution in [3.63, 3.8) is 0 Å². The number of aromatic hydroxyl groups is 1. The highest BCUT2D eigenvalue weighted by atomic mass is 16.4. The van der Waals surface area contributed by atoms with Gasteiger partial charge in [-0.1, -0.05) is 37.1 Å². The number of hydrogen-bond acceptors (Lipinski definition) is 4. The Morgan fingerprint density at radius 3 is 2.67 bits per heavy atom. The molecular formula is C27H35NO5. The molecular weight excluding hydrogens is 418 g/mol. The van der Waals surface area contributed by atoms with Gasteiger partial charge in [0, 0.05) is 25.4 Å². The molecule has 0 aliphatic carbocycles. The smallest absolute Gasteiger partial charge is 0.303 e. The number of aliphatic carboxylic acids is 1. The van der Waals surface area contributed by atoms with Gasteiger partial charge in [0.1, 0.15) is 5.75 Å². The van der Waals surface area contributed by atoms with Crippen LogP contribution < -0.4 is 0 Å². The van der Waals surface area contributed by atoms with Crippen molar-refractivity contribution < 1.29 is 24.9 Å². The van der Waals surface area contributed by atoms with Crippen molar-refractivity contribution in [2.75, 3.05) is 6.54 Å². The molecule has 1 saturated heterocycles. The fourth-order valence-corrected chi connectivity index (χ4v) is 4.71. The number of aliphatic hydroxyl groups is 1. The lowest BCUT2D eigenvalue weighted by molar-refractivity contribution is -0.137. The number of carbonyl (C=O) groups is 2. The minimum atomic E-state index is -0.757. The molecule has 2 aromatic carbocycles. The van der Waals surface area contributed by atoms with Crippen LogP contribution in [-0.2, 0) is 9.59 Å². The van der Waals surface area contributed by atoms with Crippen molar-refractivity contribution in [3.05, 3.63) is 53.6 Å². The third-order valence-corrected chi connectivity index (χ3v) is 6.56. The zero-order chi connectivity index (χ0) is 23.8. The molecule has 1 heterocycles. The standard InChI is InChI=1S/C27H35NO5/c1-19-17-23(29)12-13-24(19)20-7-6-8-21(18-20)25(30)14-10-22-11-15-26(31)28(22)16-5-3-2-4-9-27(32)33/h6-8,12-13,17-18,22,25,29-30H,2-5,9-11,14-16H2,1H3,(H,32,33). The summed E-state index contributed by atoms with van der Waals surface area (Å²) in [6, 6.07) is 13.3. The number of unbranched alkanes of at least 4 members (excludes halogenated alkanes) is 3. The Morgan fingerprint density at radius 2 is 1.91 bits per heavy atom. The Bertz CT molecular complexity index is 957. The highest BCUT2D eigenvalue weighted by Crippen LogP contribution is 2.31. The Morgan fingerprint density at radius 1 is 1.12 bits per heavy atom. The second kappa shape index (κ2) is 11.8. The number of nitrogens with zero attached hydrogens (tertiary/aromatic N) is 1. The van der Waals surface area contributed by atoms with Crippen molar-refractivity contribution in [2.45, 2.75) is 76.9 Å². The van der Waals surface area contributed by atoms with Crippen molar-refractivity contribution in [1.29, 1.82) is 0 Å². The molecule has 2 aromatic rings. The van der Waals surface area contributed by atoms with Crippen molar-refractivity contribution in [2.24, 2.45) is 0 Å². The minimum Gasteiger partial charge on any atom is -0.508 e. The van der Waals surface area contributed by atoms with Gasteiger partial charge in [-0.05, 0) is 79.5 Å². The number of carboxylic acid groups (broad SMARTS) is 1. The second-order valence-electron chi connectivity index (χ2n) is 9.06. The molecule has 0 saturated carbocycles. The molecule has 33 heavy (non-hydrogen) atoms. The van der Waals surface area contributed by atoms with Crippen molar-refractivity contribution in [3.8, 4) is 16.9 Å². The van der Waals surface area contributed by atoms with Gasteiger partial charge in [-0.15, -0.1) is 0 Å². The Hall–Kier alpha value is -2.86. The molecule has 0 bridgehead atoms. The summed E-state index contributed by atoms with van der Waals surface area (Å²) in [5.74, 6) is -0.333. The number of carbonyl (C=O) groups excluding carboxylic acids is 1. The minimum absolute atomic E-state index is 0.161. The van der Waals surface area contributed by atoms with Crippen LogP contribution in [0.15, 0.2) is 42.5 Å². The predicted octanol–water partition coefficient (Wildman–Crippen LogP) is 5.21. The van der Waals surface area contributed by atoms with E-state index in [1.807, 2.05) is 42.2 Å². The predicted molar refractivity (Wildman–Crippen MR) is 128 cm³/mol. The summed E-state index contributed by atoms with van der Waals surface area (Å²) in [5.41, 5.74) is 3.86. The molecule has 0 spiro atoms. The van der Waals surface area contributed by atoms with Crippen LogP contribution in [0.1, 0.15) is 75.0 Å². The molecule has 6 nitrogen and oxygen atoms in total. The quantitative estimate of drug-likeness (QED) is 0.383. The van der Waals surface area contributed by atoms with Gasteiger partial charge < -0.3 is 20.2 Å². The summed E-state index contributed by atoms with van der Waals surface area (Å²) in [7, 11) is 0. The Labute approximate surface area is 195 Å². The van der Waals surface area contributed by atoms with Crippen molar-refractivity contribution >= 4 is 11.9 Å². The largest absolute Gasteiger partial charge is 0.508 e. The van der Waals surface area contributed by atoms with Gasteiger partial charge in [-0.25, -0.2) is 0 Å². The van der Waals surface area contributed by atoms with Crippen LogP contribution in [0.2, 0.25) is 0 Å². The van der Waals surface area contributed by atoms with E-state index in [1.54, 1.807) is 12.1 Å². The van der Waals surface area contributed by atoms with E-state index in [2.05, 4.69) is 0 Å². The molecule has 6 heteroatoms. The molecule has 2 atom stereocenters. The van der Waals surface area contributed by atoms with Gasteiger partial charge in [0.05, 0.1) is 6.10 Å². The monoisotopic (exact) mass is 453 g/mol. The number of aryl methyl sites for hydroxylation is 1. The van der Waals surface area contributed by atoms with Crippen LogP contribution in [0.3, 0.4) is 0 Å². The molecule has 1 amide bonds. The number of aliphatic hydroxyl groups excluding tert-OH is 1. The third-order valence-electron chi connectivity index (χ3n) is 6.56. The number of amides is 1. The number of benzene rings is 2. The zero-order valence-electron chi connectivity index (χ0n) is 19.4. The van der Waals surface area contributed by atoms with Crippen LogP contribution in [0, 0.1) is 6.92 Å². The molecule has 3 rings (SSSR count). The van der Waals surface area contributed by atoms with Crippen LogP contribution in [0.25, 0.3) is 11.1 Å². The maximum atomic E-state index is 12.3. The van der Waals surface area contributed by atoms with Gasteiger partial charge in [0.25, 0.3) is 0 Å². The van der Waals surface area contributed by atoms with Gasteiger partial charge in [0.15, 0.2) is 0 Å². The number of carboxylic acids is 1. The third kappa shape index (κ3) is 7.06. The van der Waals surface area contributed by atoms with Crippen LogP contribution in [0.4, 0.5) is 0 Å². The normalized spacial score (nSPS) is 16.8.